The highest BCUT2D eigenvalue weighted by Gasteiger charge is 2.44. The van der Waals surface area contributed by atoms with Gasteiger partial charge in [-0.2, -0.15) is 18.2 Å². The molecule has 1 saturated heterocycles. The van der Waals surface area contributed by atoms with E-state index in [1.54, 1.807) is 33.0 Å². The van der Waals surface area contributed by atoms with Crippen LogP contribution in [0.3, 0.4) is 0 Å². The van der Waals surface area contributed by atoms with Crippen molar-refractivity contribution < 1.29 is 66.0 Å². The predicted octanol–water partition coefficient (Wildman–Crippen LogP) is 6.12. The molecule has 0 saturated carbocycles. The second-order valence-electron chi connectivity index (χ2n) is 19.7. The molecule has 0 aliphatic carbocycles. The Morgan fingerprint density at radius 3 is 2.05 bits per heavy atom. The Bertz CT molecular complexity index is 3210. The van der Waals surface area contributed by atoms with E-state index in [1.165, 1.54) is 0 Å². The first-order valence-electron chi connectivity index (χ1n) is 26.4. The minimum Gasteiger partial charge on any atom is -0.497 e. The summed E-state index contributed by atoms with van der Waals surface area (Å²) in [6.45, 7) is 2.92. The number of anilines is 2. The lowest BCUT2D eigenvalue weighted by Gasteiger charge is -2.38. The molecule has 0 unspecified atom stereocenters. The Kier molecular flexibility index (Phi) is 20.5. The van der Waals surface area contributed by atoms with Crippen LogP contribution in [0.25, 0.3) is 11.2 Å². The number of carbonyl (C=O) groups excluding carboxylic acids is 6. The third-order valence-electron chi connectivity index (χ3n) is 13.7. The first-order chi connectivity index (χ1) is 39.2. The fourth-order valence-corrected chi connectivity index (χ4v) is 9.34. The summed E-state index contributed by atoms with van der Waals surface area (Å²) in [5.74, 6) is -4.35. The number of aliphatic hydroxyl groups excluding tert-OH is 1. The Labute approximate surface area is 469 Å². The van der Waals surface area contributed by atoms with Crippen LogP contribution in [0.5, 0.6) is 11.5 Å². The molecule has 2 aromatic heterocycles. The number of hydrogen-bond donors (Lipinski definition) is 5. The van der Waals surface area contributed by atoms with Crippen LogP contribution in [0.2, 0.25) is 0 Å². The molecule has 3 atom stereocenters. The summed E-state index contributed by atoms with van der Waals surface area (Å²) >= 11 is 0. The third-order valence-corrected chi connectivity index (χ3v) is 13.7. The fourth-order valence-electron chi connectivity index (χ4n) is 9.34. The van der Waals surface area contributed by atoms with Crippen LogP contribution in [0, 0.1) is 5.92 Å². The average molecular weight is 1140 g/mol. The third kappa shape index (κ3) is 15.2. The van der Waals surface area contributed by atoms with Crippen molar-refractivity contribution in [3.63, 3.8) is 0 Å². The van der Waals surface area contributed by atoms with Crippen molar-refractivity contribution in [1.29, 1.82) is 0 Å². The zero-order chi connectivity index (χ0) is 59.1. The van der Waals surface area contributed by atoms with Gasteiger partial charge in [0.05, 0.1) is 58.5 Å². The molecule has 0 spiro atoms. The molecule has 0 bridgehead atoms. The summed E-state index contributed by atoms with van der Waals surface area (Å²) in [6.07, 6.45) is -3.36. The van der Waals surface area contributed by atoms with Gasteiger partial charge in [0.25, 0.3) is 11.5 Å². The summed E-state index contributed by atoms with van der Waals surface area (Å²) in [7, 11) is 4.28. The first-order valence-corrected chi connectivity index (χ1v) is 26.4. The zero-order valence-corrected chi connectivity index (χ0v) is 45.8. The molecule has 5 N–H and O–H groups in total. The molecular formula is C58H64F3N9O12. The Morgan fingerprint density at radius 1 is 0.817 bits per heavy atom. The largest absolute Gasteiger partial charge is 0.497 e. The molecule has 3 heterocycles. The summed E-state index contributed by atoms with van der Waals surface area (Å²) in [5.41, 5.74) is -0.731. The highest BCUT2D eigenvalue weighted by molar-refractivity contribution is 6.00. The number of likely N-dealkylation sites (tertiary alicyclic amines) is 1. The van der Waals surface area contributed by atoms with Crippen LogP contribution < -0.4 is 35.9 Å². The number of hydrogen-bond acceptors (Lipinski definition) is 15. The van der Waals surface area contributed by atoms with Gasteiger partial charge in [0.1, 0.15) is 23.1 Å². The molecule has 7 rings (SSSR count). The fraction of sp³-hybridized carbons (Fsp3) is 0.379. The lowest BCUT2D eigenvalue weighted by molar-refractivity contribution is -0.170. The van der Waals surface area contributed by atoms with E-state index in [9.17, 15) is 51.8 Å². The van der Waals surface area contributed by atoms with Gasteiger partial charge >= 0.3 is 18.1 Å². The summed E-state index contributed by atoms with van der Waals surface area (Å²) in [6, 6.07) is 27.6. The Hall–Kier alpha value is -8.77. The topological polar surface area (TPSA) is 274 Å². The number of aromatic amines is 1. The maximum Gasteiger partial charge on any atom is 0.471 e. The molecule has 21 nitrogen and oxygen atoms in total. The smallest absolute Gasteiger partial charge is 0.471 e. The number of aromatic nitrogens is 4. The van der Waals surface area contributed by atoms with E-state index in [1.807, 2.05) is 78.9 Å². The van der Waals surface area contributed by atoms with E-state index in [-0.39, 0.29) is 78.9 Å². The Balaban J connectivity index is 0.898. The maximum absolute atomic E-state index is 13.9. The van der Waals surface area contributed by atoms with E-state index in [2.05, 4.69) is 35.9 Å². The number of methoxy groups -OCH3 is 3. The van der Waals surface area contributed by atoms with Crippen LogP contribution in [0.1, 0.15) is 91.5 Å². The number of carbonyl (C=O) groups is 6. The van der Waals surface area contributed by atoms with Crippen molar-refractivity contribution in [2.45, 2.75) is 95.3 Å². The number of alkyl halides is 3. The van der Waals surface area contributed by atoms with Crippen molar-refractivity contribution >= 4 is 58.3 Å². The van der Waals surface area contributed by atoms with Crippen LogP contribution in [0.4, 0.5) is 24.8 Å². The molecule has 1 aliphatic rings. The highest BCUT2D eigenvalue weighted by atomic mass is 19.4. The van der Waals surface area contributed by atoms with Crippen molar-refractivity contribution in [1.82, 2.24) is 35.5 Å². The number of unbranched alkanes of at least 4 members (excludes halogenated alkanes) is 2. The van der Waals surface area contributed by atoms with Gasteiger partial charge in [-0.05, 0) is 90.9 Å². The number of nitrogens with one attached hydrogen (secondary N) is 4. The number of nitrogens with zero attached hydrogens (tertiary/aromatic N) is 5. The van der Waals surface area contributed by atoms with Crippen LogP contribution >= 0.6 is 0 Å². The number of β-amino-alcohol motifs (C(OH)–C–C–N with tert-alkyl or cyclic N) is 1. The van der Waals surface area contributed by atoms with Gasteiger partial charge < -0.3 is 39.6 Å². The number of amides is 5. The second kappa shape index (κ2) is 27.6. The van der Waals surface area contributed by atoms with Crippen LogP contribution in [0.15, 0.2) is 114 Å². The van der Waals surface area contributed by atoms with Crippen molar-refractivity contribution in [3.05, 3.63) is 148 Å². The molecule has 4 aromatic carbocycles. The molecule has 24 heteroatoms. The lowest BCUT2D eigenvalue weighted by atomic mass is 9.80. The number of fused-ring (bicyclic) bond motifs is 1. The average Bonchev–Trinajstić information content (AvgIpc) is 3.95. The SMILES string of the molecule is COC(=O)[C@H](CCC(=O)NCCCCCC(=O)N1C[C@H](O)C[C@H]1COC(c1ccccc1)(c1ccc(OC)cc1)c1ccc(OC)cc1)NC(=O)c1ccc(N(Cc2cnc3nc(NC(=O)C(C)C)[nH]c(=O)c3n2)C(=O)C(F)(F)F)cc1. The zero-order valence-electron chi connectivity index (χ0n) is 45.8. The van der Waals surface area contributed by atoms with Gasteiger partial charge in [-0.3, -0.25) is 44.0 Å². The van der Waals surface area contributed by atoms with E-state index in [0.717, 1.165) is 54.3 Å². The number of halogens is 3. The van der Waals surface area contributed by atoms with Gasteiger partial charge in [0, 0.05) is 43.1 Å². The molecule has 1 aliphatic heterocycles. The van der Waals surface area contributed by atoms with Gasteiger partial charge in [0.15, 0.2) is 11.2 Å². The standard InChI is InChI=1S/C58H64F3N9O12/c1-35(2)51(74)67-56-66-50-49(53(76)68-56)64-40(31-63-50)32-70(55(78)58(59,60)61)41-21-15-36(16-22-41)52(75)65-46(54(77)81-5)27-28-47(72)62-29-11-7-10-14-48(73)69-33-43(71)30-42(69)34-82-57(37-12-8-6-9-13-37,38-17-23-44(79-3)24-18-38)39-19-25-45(80-4)26-20-39/h6,8-9,12-13,15-26,31,35,42-43,46,71H,7,10-11,14,27-30,32-34H2,1-5H3,(H,62,72)(H,65,75)(H2,63,66,67,68,74,76)/t42-,43+,46-/m0/s1. The molecular weight excluding hydrogens is 1070 g/mol. The number of aliphatic hydroxyl groups is 1. The second-order valence-corrected chi connectivity index (χ2v) is 19.7. The number of rotatable bonds is 25. The van der Waals surface area contributed by atoms with Crippen molar-refractivity contribution in [2.24, 2.45) is 5.92 Å². The molecule has 1 fully saturated rings. The summed E-state index contributed by atoms with van der Waals surface area (Å²) in [4.78, 5) is 107. The normalized spacial score (nSPS) is 14.7. The van der Waals surface area contributed by atoms with Gasteiger partial charge in [0.2, 0.25) is 23.7 Å². The summed E-state index contributed by atoms with van der Waals surface area (Å²) < 4.78 is 64.6. The van der Waals surface area contributed by atoms with E-state index >= 15 is 0 Å². The molecule has 0 radical (unpaired) electrons. The van der Waals surface area contributed by atoms with E-state index in [4.69, 9.17) is 18.9 Å². The maximum atomic E-state index is 13.9. The van der Waals surface area contributed by atoms with Crippen LogP contribution in [-0.4, -0.2) is 131 Å². The van der Waals surface area contributed by atoms with Crippen molar-refractivity contribution in [2.75, 3.05) is 51.2 Å². The van der Waals surface area contributed by atoms with Crippen molar-refractivity contribution in [3.8, 4) is 11.5 Å². The number of benzene rings is 4. The predicted molar refractivity (Wildman–Crippen MR) is 293 cm³/mol. The number of esters is 1. The highest BCUT2D eigenvalue weighted by Crippen LogP contribution is 2.42. The first kappa shape index (κ1) is 60.9. The quantitative estimate of drug-likeness (QED) is 0.0245. The molecule has 434 valence electrons. The van der Waals surface area contributed by atoms with Gasteiger partial charge in [-0.1, -0.05) is 74.9 Å². The molecule has 82 heavy (non-hydrogen) atoms. The lowest BCUT2D eigenvalue weighted by Crippen LogP contribution is -2.42. The van der Waals surface area contributed by atoms with Crippen LogP contribution in [-0.2, 0) is 45.6 Å². The monoisotopic (exact) mass is 1140 g/mol. The van der Waals surface area contributed by atoms with E-state index < -0.39 is 77.6 Å². The minimum atomic E-state index is -5.36. The van der Waals surface area contributed by atoms with Gasteiger partial charge in [-0.15, -0.1) is 0 Å². The van der Waals surface area contributed by atoms with Gasteiger partial charge in [-0.25, -0.2) is 14.8 Å². The Morgan fingerprint density at radius 2 is 1.45 bits per heavy atom. The minimum absolute atomic E-state index is 0.105. The summed E-state index contributed by atoms with van der Waals surface area (Å²) in [5, 5.41) is 18.5. The molecule has 6 aromatic rings. The van der Waals surface area contributed by atoms with E-state index in [0.29, 0.717) is 42.1 Å². The molecule has 5 amide bonds. The number of H-pyrrole nitrogens is 1. The number of ether oxygens (including phenoxy) is 4.